The minimum absolute atomic E-state index is 0.448. The predicted molar refractivity (Wildman–Crippen MR) is 191 cm³/mol. The van der Waals surface area contributed by atoms with Crippen LogP contribution in [0.3, 0.4) is 0 Å². The largest absolute Gasteiger partial charge is 0.480 e. The molecule has 0 saturated heterocycles. The molecule has 6 N–H and O–H groups in total. The van der Waals surface area contributed by atoms with Crippen LogP contribution in [0.2, 0.25) is 0 Å². The number of hydrogen-bond acceptors (Lipinski definition) is 6. The number of carboxylic acid groups (broad SMARTS) is 2. The molecule has 2 unspecified atom stereocenters. The summed E-state index contributed by atoms with van der Waals surface area (Å²) in [6.45, 7) is 17.2. The van der Waals surface area contributed by atoms with Crippen LogP contribution in [-0.4, -0.2) is 53.9 Å². The Morgan fingerprint density at radius 2 is 0.820 bits per heavy atom. The van der Waals surface area contributed by atoms with Crippen molar-refractivity contribution >= 4 is 23.8 Å². The van der Waals surface area contributed by atoms with E-state index in [1.807, 2.05) is 90.1 Å². The lowest BCUT2D eigenvalue weighted by atomic mass is 9.84. The monoisotopic (exact) mass is 684 g/mol. The van der Waals surface area contributed by atoms with Crippen LogP contribution in [0.25, 0.3) is 33.6 Å². The molecule has 4 rings (SSSR count). The number of nitrogens with zero attached hydrogens (tertiary/aromatic N) is 2. The third-order valence-electron chi connectivity index (χ3n) is 8.92. The second kappa shape index (κ2) is 13.6. The maximum atomic E-state index is 12.9. The summed E-state index contributed by atoms with van der Waals surface area (Å²) in [5.41, 5.74) is 1.02. The smallest absolute Gasteiger partial charge is 0.318 e. The molecule has 0 spiro atoms. The number of aromatic nitrogens is 4. The van der Waals surface area contributed by atoms with Crippen molar-refractivity contribution in [3.8, 4) is 33.6 Å². The molecular formula is C38H48N6O6. The first kappa shape index (κ1) is 37.6. The van der Waals surface area contributed by atoms with Crippen LogP contribution in [-0.2, 0) is 19.2 Å². The van der Waals surface area contributed by atoms with E-state index in [1.54, 1.807) is 12.4 Å². The van der Waals surface area contributed by atoms with Gasteiger partial charge in [0.25, 0.3) is 0 Å². The quantitative estimate of drug-likeness (QED) is 0.0934. The van der Waals surface area contributed by atoms with Gasteiger partial charge in [-0.1, -0.05) is 90.1 Å². The molecule has 2 atom stereocenters. The Balaban J connectivity index is 1.50. The molecule has 50 heavy (non-hydrogen) atoms. The molecule has 12 nitrogen and oxygen atoms in total. The Bertz CT molecular complexity index is 1730. The molecule has 0 radical (unpaired) electrons. The number of carboxylic acids is 2. The van der Waals surface area contributed by atoms with Crippen molar-refractivity contribution in [2.45, 2.75) is 81.3 Å². The Morgan fingerprint density at radius 1 is 0.540 bits per heavy atom. The standard InChI is InChI=1S/C38H48N6O6/c1-35(2,3)27(43-31(45)37(7,8)33(47)48)29-39-19-25(41-29)23-15-11-21(12-16-23)22-13-17-24(18-14-22)26-20-40-30(42-26)28(36(4,5)6)44-32(46)38(9,10)34(49)50/h11-20,27-28H,1-10H3,(H,39,41)(H,40,42)(H,43,45)(H,44,46)(H,47,48)(H,49,50). The van der Waals surface area contributed by atoms with Crippen molar-refractivity contribution in [2.24, 2.45) is 21.7 Å². The van der Waals surface area contributed by atoms with Gasteiger partial charge in [-0.05, 0) is 49.7 Å². The van der Waals surface area contributed by atoms with E-state index in [0.29, 0.717) is 23.0 Å². The second-order valence-electron chi connectivity index (χ2n) is 15.9. The van der Waals surface area contributed by atoms with E-state index < -0.39 is 57.5 Å². The minimum Gasteiger partial charge on any atom is -0.480 e. The third kappa shape index (κ3) is 7.96. The number of H-pyrrole nitrogens is 2. The molecule has 0 aliphatic heterocycles. The summed E-state index contributed by atoms with van der Waals surface area (Å²) in [6.07, 6.45) is 3.54. The number of aliphatic carboxylic acids is 2. The Hall–Kier alpha value is -5.26. The summed E-state index contributed by atoms with van der Waals surface area (Å²) in [5, 5.41) is 24.8. The fourth-order valence-corrected chi connectivity index (χ4v) is 5.14. The third-order valence-corrected chi connectivity index (χ3v) is 8.92. The molecule has 266 valence electrons. The molecule has 2 aromatic heterocycles. The van der Waals surface area contributed by atoms with Crippen LogP contribution >= 0.6 is 0 Å². The van der Waals surface area contributed by atoms with Crippen molar-refractivity contribution in [2.75, 3.05) is 0 Å². The minimum atomic E-state index is -1.59. The molecule has 0 saturated carbocycles. The molecule has 0 bridgehead atoms. The van der Waals surface area contributed by atoms with Crippen molar-refractivity contribution in [3.63, 3.8) is 0 Å². The van der Waals surface area contributed by atoms with Crippen molar-refractivity contribution in [1.29, 1.82) is 0 Å². The number of imidazole rings is 2. The summed E-state index contributed by atoms with van der Waals surface area (Å²) in [7, 11) is 0. The first-order valence-corrected chi connectivity index (χ1v) is 16.4. The number of aromatic amines is 2. The highest BCUT2D eigenvalue weighted by Gasteiger charge is 2.41. The molecular weight excluding hydrogens is 636 g/mol. The van der Waals surface area contributed by atoms with Gasteiger partial charge in [-0.2, -0.15) is 0 Å². The zero-order chi connectivity index (χ0) is 37.4. The molecule has 4 aromatic rings. The van der Waals surface area contributed by atoms with Gasteiger partial charge in [-0.3, -0.25) is 19.2 Å². The number of carbonyl (C=O) groups excluding carboxylic acids is 2. The lowest BCUT2D eigenvalue weighted by molar-refractivity contribution is -0.155. The van der Waals surface area contributed by atoms with Gasteiger partial charge >= 0.3 is 11.9 Å². The Labute approximate surface area is 292 Å². The molecule has 0 aliphatic carbocycles. The predicted octanol–water partition coefficient (Wildman–Crippen LogP) is 6.76. The molecule has 2 aromatic carbocycles. The lowest BCUT2D eigenvalue weighted by Gasteiger charge is -2.32. The van der Waals surface area contributed by atoms with Gasteiger partial charge in [-0.25, -0.2) is 9.97 Å². The van der Waals surface area contributed by atoms with E-state index >= 15 is 0 Å². The lowest BCUT2D eigenvalue weighted by Crippen LogP contribution is -2.47. The van der Waals surface area contributed by atoms with Crippen LogP contribution in [0.1, 0.15) is 93.0 Å². The first-order valence-electron chi connectivity index (χ1n) is 16.4. The zero-order valence-corrected chi connectivity index (χ0v) is 30.4. The first-order chi connectivity index (χ1) is 23.0. The van der Waals surface area contributed by atoms with Crippen molar-refractivity contribution < 1.29 is 29.4 Å². The van der Waals surface area contributed by atoms with Crippen molar-refractivity contribution in [3.05, 3.63) is 72.6 Å². The number of amides is 2. The number of rotatable bonds is 11. The average molecular weight is 685 g/mol. The Kier molecular flexibility index (Phi) is 10.2. The maximum absolute atomic E-state index is 12.9. The average Bonchev–Trinajstić information content (AvgIpc) is 3.72. The number of hydrogen-bond donors (Lipinski definition) is 6. The van der Waals surface area contributed by atoms with Crippen LogP contribution in [0.5, 0.6) is 0 Å². The summed E-state index contributed by atoms with van der Waals surface area (Å²) in [4.78, 5) is 64.9. The van der Waals surface area contributed by atoms with Crippen LogP contribution in [0, 0.1) is 21.7 Å². The summed E-state index contributed by atoms with van der Waals surface area (Å²) in [5.74, 6) is -2.53. The highest BCUT2D eigenvalue weighted by atomic mass is 16.4. The van der Waals surface area contributed by atoms with Gasteiger partial charge in [0.1, 0.15) is 22.5 Å². The van der Waals surface area contributed by atoms with Gasteiger partial charge < -0.3 is 30.8 Å². The number of nitrogens with one attached hydrogen (secondary N) is 4. The summed E-state index contributed by atoms with van der Waals surface area (Å²) >= 11 is 0. The van der Waals surface area contributed by atoms with Gasteiger partial charge in [-0.15, -0.1) is 0 Å². The number of benzene rings is 2. The fraction of sp³-hybridized carbons (Fsp3) is 0.421. The fourth-order valence-electron chi connectivity index (χ4n) is 5.14. The van der Waals surface area contributed by atoms with Gasteiger partial charge in [0.05, 0.1) is 23.5 Å². The van der Waals surface area contributed by atoms with E-state index in [1.165, 1.54) is 27.7 Å². The van der Waals surface area contributed by atoms with Gasteiger partial charge in [0.2, 0.25) is 11.8 Å². The molecule has 0 fully saturated rings. The molecule has 2 amide bonds. The van der Waals surface area contributed by atoms with E-state index in [9.17, 15) is 29.4 Å². The Morgan fingerprint density at radius 3 is 1.08 bits per heavy atom. The second-order valence-corrected chi connectivity index (χ2v) is 15.9. The zero-order valence-electron chi connectivity index (χ0n) is 30.4. The summed E-state index contributed by atoms with van der Waals surface area (Å²) < 4.78 is 0. The number of carbonyl (C=O) groups is 4. The molecule has 0 aliphatic rings. The van der Waals surface area contributed by atoms with E-state index in [0.717, 1.165) is 22.3 Å². The molecule has 12 heteroatoms. The SMILES string of the molecule is CC(C)(C(=O)O)C(=O)NC(c1nc(-c2ccc(-c3ccc(-c4c[nH]c(C(NC(=O)C(C)(C)C(=O)O)C(C)(C)C)n4)cc3)cc2)c[nH]1)C(C)(C)C. The van der Waals surface area contributed by atoms with Crippen LogP contribution in [0.15, 0.2) is 60.9 Å². The van der Waals surface area contributed by atoms with E-state index in [4.69, 9.17) is 9.97 Å². The molecule has 2 heterocycles. The van der Waals surface area contributed by atoms with Gasteiger partial charge in [0, 0.05) is 23.5 Å². The summed E-state index contributed by atoms with van der Waals surface area (Å²) in [6, 6.07) is 14.8. The van der Waals surface area contributed by atoms with Crippen molar-refractivity contribution in [1.82, 2.24) is 30.6 Å². The highest BCUT2D eigenvalue weighted by molar-refractivity contribution is 6.01. The normalized spacial score (nSPS) is 13.7. The maximum Gasteiger partial charge on any atom is 0.318 e. The van der Waals surface area contributed by atoms with Crippen LogP contribution in [0.4, 0.5) is 0 Å². The van der Waals surface area contributed by atoms with Crippen LogP contribution < -0.4 is 10.6 Å². The van der Waals surface area contributed by atoms with E-state index in [-0.39, 0.29) is 0 Å². The highest BCUT2D eigenvalue weighted by Crippen LogP contribution is 2.36. The van der Waals surface area contributed by atoms with E-state index in [2.05, 4.69) is 20.6 Å². The van der Waals surface area contributed by atoms with Gasteiger partial charge in [0.15, 0.2) is 0 Å². The topological polar surface area (TPSA) is 190 Å².